The second-order valence-corrected chi connectivity index (χ2v) is 3.01. The van der Waals surface area contributed by atoms with Crippen molar-refractivity contribution >= 4 is 24.8 Å². The lowest BCUT2D eigenvalue weighted by molar-refractivity contribution is 0.198. The van der Waals surface area contributed by atoms with Crippen LogP contribution in [0.25, 0.3) is 0 Å². The maximum absolute atomic E-state index is 8.79. The lowest BCUT2D eigenvalue weighted by Crippen LogP contribution is -2.45. The zero-order valence-corrected chi connectivity index (χ0v) is 8.25. The van der Waals surface area contributed by atoms with Crippen LogP contribution in [0.4, 0.5) is 0 Å². The number of aliphatic hydroxyl groups excluding tert-OH is 1. The SMILES string of the molecule is CN1CCC(N)(CO)C1.Cl.Cl. The number of hydrogen-bond acceptors (Lipinski definition) is 3. The molecular formula is C6H16Cl2N2O. The maximum Gasteiger partial charge on any atom is 0.0624 e. The molecule has 11 heavy (non-hydrogen) atoms. The summed E-state index contributed by atoms with van der Waals surface area (Å²) < 4.78 is 0. The smallest absolute Gasteiger partial charge is 0.0624 e. The molecule has 1 aliphatic heterocycles. The molecule has 0 amide bonds. The summed E-state index contributed by atoms with van der Waals surface area (Å²) in [7, 11) is 2.02. The molecule has 1 fully saturated rings. The van der Waals surface area contributed by atoms with E-state index in [1.807, 2.05) is 7.05 Å². The minimum Gasteiger partial charge on any atom is -0.394 e. The Balaban J connectivity index is 0. The molecule has 0 aromatic rings. The van der Waals surface area contributed by atoms with Gasteiger partial charge in [-0.2, -0.15) is 0 Å². The van der Waals surface area contributed by atoms with Gasteiger partial charge in [0.25, 0.3) is 0 Å². The Morgan fingerprint density at radius 2 is 2.09 bits per heavy atom. The highest BCUT2D eigenvalue weighted by Gasteiger charge is 2.31. The van der Waals surface area contributed by atoms with Gasteiger partial charge >= 0.3 is 0 Å². The van der Waals surface area contributed by atoms with Crippen molar-refractivity contribution in [1.82, 2.24) is 4.90 Å². The van der Waals surface area contributed by atoms with Gasteiger partial charge in [-0.05, 0) is 20.0 Å². The molecule has 1 heterocycles. The van der Waals surface area contributed by atoms with Gasteiger partial charge in [0.15, 0.2) is 0 Å². The van der Waals surface area contributed by atoms with E-state index < -0.39 is 0 Å². The molecular weight excluding hydrogens is 187 g/mol. The van der Waals surface area contributed by atoms with E-state index in [4.69, 9.17) is 10.8 Å². The van der Waals surface area contributed by atoms with Gasteiger partial charge < -0.3 is 15.7 Å². The third kappa shape index (κ3) is 3.58. The molecule has 0 spiro atoms. The standard InChI is InChI=1S/C6H14N2O.2ClH/c1-8-3-2-6(7,4-8)5-9;;/h9H,2-5,7H2,1H3;2*1H. The van der Waals surface area contributed by atoms with Crippen LogP contribution in [0, 0.1) is 0 Å². The molecule has 0 bridgehead atoms. The zero-order chi connectivity index (χ0) is 6.91. The van der Waals surface area contributed by atoms with E-state index in [-0.39, 0.29) is 37.0 Å². The van der Waals surface area contributed by atoms with Crippen LogP contribution >= 0.6 is 24.8 Å². The highest BCUT2D eigenvalue weighted by Crippen LogP contribution is 2.15. The topological polar surface area (TPSA) is 49.5 Å². The van der Waals surface area contributed by atoms with Gasteiger partial charge in [-0.25, -0.2) is 0 Å². The van der Waals surface area contributed by atoms with Crippen molar-refractivity contribution < 1.29 is 5.11 Å². The molecule has 0 aromatic carbocycles. The summed E-state index contributed by atoms with van der Waals surface area (Å²) in [5.41, 5.74) is 5.45. The molecule has 70 valence electrons. The molecule has 1 atom stereocenters. The summed E-state index contributed by atoms with van der Waals surface area (Å²) in [6, 6.07) is 0. The van der Waals surface area contributed by atoms with E-state index in [1.165, 1.54) is 0 Å². The highest BCUT2D eigenvalue weighted by atomic mass is 35.5. The predicted octanol–water partition coefficient (Wildman–Crippen LogP) is -0.145. The van der Waals surface area contributed by atoms with E-state index in [0.717, 1.165) is 19.5 Å². The number of rotatable bonds is 1. The second-order valence-electron chi connectivity index (χ2n) is 3.01. The Morgan fingerprint density at radius 1 is 1.55 bits per heavy atom. The van der Waals surface area contributed by atoms with Crippen LogP contribution in [0.2, 0.25) is 0 Å². The first-order valence-corrected chi connectivity index (χ1v) is 3.25. The first-order valence-electron chi connectivity index (χ1n) is 3.25. The number of likely N-dealkylation sites (tertiary alicyclic amines) is 1. The lowest BCUT2D eigenvalue weighted by atomic mass is 10.0. The molecule has 1 unspecified atom stereocenters. The Hall–Kier alpha value is 0.460. The Morgan fingerprint density at radius 3 is 2.27 bits per heavy atom. The number of nitrogens with two attached hydrogens (primary N) is 1. The molecule has 0 radical (unpaired) electrons. The van der Waals surface area contributed by atoms with Crippen molar-refractivity contribution in [3.8, 4) is 0 Å². The summed E-state index contributed by atoms with van der Waals surface area (Å²) in [6.07, 6.45) is 0.917. The maximum atomic E-state index is 8.79. The second kappa shape index (κ2) is 5.17. The molecule has 1 aliphatic rings. The summed E-state index contributed by atoms with van der Waals surface area (Å²) >= 11 is 0. The quantitative estimate of drug-likeness (QED) is 0.623. The van der Waals surface area contributed by atoms with Crippen molar-refractivity contribution in [2.45, 2.75) is 12.0 Å². The molecule has 3 nitrogen and oxygen atoms in total. The average Bonchev–Trinajstić information content (AvgIpc) is 2.13. The molecule has 0 aromatic heterocycles. The van der Waals surface area contributed by atoms with Crippen molar-refractivity contribution in [2.75, 3.05) is 26.7 Å². The summed E-state index contributed by atoms with van der Waals surface area (Å²) in [4.78, 5) is 2.14. The summed E-state index contributed by atoms with van der Waals surface area (Å²) in [5, 5.41) is 8.79. The normalized spacial score (nSPS) is 30.8. The fourth-order valence-electron chi connectivity index (χ4n) is 1.24. The monoisotopic (exact) mass is 202 g/mol. The van der Waals surface area contributed by atoms with Gasteiger partial charge in [0, 0.05) is 6.54 Å². The van der Waals surface area contributed by atoms with Gasteiger partial charge in [-0.15, -0.1) is 24.8 Å². The number of nitrogens with zero attached hydrogens (tertiary/aromatic N) is 1. The van der Waals surface area contributed by atoms with Crippen LogP contribution in [-0.2, 0) is 0 Å². The molecule has 3 N–H and O–H groups in total. The third-order valence-electron chi connectivity index (χ3n) is 1.89. The molecule has 0 saturated carbocycles. The minimum atomic E-state index is -0.311. The van der Waals surface area contributed by atoms with E-state index in [0.29, 0.717) is 0 Å². The zero-order valence-electron chi connectivity index (χ0n) is 6.62. The largest absolute Gasteiger partial charge is 0.394 e. The number of aliphatic hydroxyl groups is 1. The van der Waals surface area contributed by atoms with Gasteiger partial charge in [0.05, 0.1) is 12.1 Å². The Labute approximate surface area is 79.8 Å². The summed E-state index contributed by atoms with van der Waals surface area (Å²) in [6.45, 7) is 1.94. The first-order chi connectivity index (χ1) is 4.16. The van der Waals surface area contributed by atoms with Crippen molar-refractivity contribution in [1.29, 1.82) is 0 Å². The van der Waals surface area contributed by atoms with Gasteiger partial charge in [-0.3, -0.25) is 0 Å². The predicted molar refractivity (Wildman–Crippen MR) is 50.6 cm³/mol. The van der Waals surface area contributed by atoms with Crippen LogP contribution < -0.4 is 5.73 Å². The number of halogens is 2. The van der Waals surface area contributed by atoms with E-state index >= 15 is 0 Å². The van der Waals surface area contributed by atoms with Gasteiger partial charge in [0.1, 0.15) is 0 Å². The fraction of sp³-hybridized carbons (Fsp3) is 1.00. The average molecular weight is 203 g/mol. The van der Waals surface area contributed by atoms with Crippen LogP contribution in [0.3, 0.4) is 0 Å². The molecule has 1 saturated heterocycles. The van der Waals surface area contributed by atoms with Crippen LogP contribution in [-0.4, -0.2) is 42.3 Å². The van der Waals surface area contributed by atoms with Crippen LogP contribution in [0.15, 0.2) is 0 Å². The van der Waals surface area contributed by atoms with Crippen molar-refractivity contribution in [2.24, 2.45) is 5.73 Å². The first kappa shape index (κ1) is 14.0. The van der Waals surface area contributed by atoms with E-state index in [1.54, 1.807) is 0 Å². The third-order valence-corrected chi connectivity index (χ3v) is 1.89. The molecule has 1 rings (SSSR count). The van der Waals surface area contributed by atoms with E-state index in [2.05, 4.69) is 4.90 Å². The van der Waals surface area contributed by atoms with Crippen LogP contribution in [0.1, 0.15) is 6.42 Å². The van der Waals surface area contributed by atoms with Crippen molar-refractivity contribution in [3.05, 3.63) is 0 Å². The summed E-state index contributed by atoms with van der Waals surface area (Å²) in [5.74, 6) is 0. The minimum absolute atomic E-state index is 0. The number of likely N-dealkylation sites (N-methyl/N-ethyl adjacent to an activating group) is 1. The Kier molecular flexibility index (Phi) is 6.58. The Bertz CT molecular complexity index is 115. The highest BCUT2D eigenvalue weighted by molar-refractivity contribution is 5.85. The van der Waals surface area contributed by atoms with Gasteiger partial charge in [0.2, 0.25) is 0 Å². The van der Waals surface area contributed by atoms with Gasteiger partial charge in [-0.1, -0.05) is 0 Å². The fourth-order valence-corrected chi connectivity index (χ4v) is 1.24. The lowest BCUT2D eigenvalue weighted by Gasteiger charge is -2.19. The van der Waals surface area contributed by atoms with E-state index in [9.17, 15) is 0 Å². The number of hydrogen-bond donors (Lipinski definition) is 2. The molecule has 5 heteroatoms. The van der Waals surface area contributed by atoms with Crippen molar-refractivity contribution in [3.63, 3.8) is 0 Å². The molecule has 0 aliphatic carbocycles. The van der Waals surface area contributed by atoms with Crippen LogP contribution in [0.5, 0.6) is 0 Å².